The van der Waals surface area contributed by atoms with Crippen molar-refractivity contribution in [3.05, 3.63) is 80.6 Å². The molecule has 196 valence electrons. The number of hydrogen-bond acceptors (Lipinski definition) is 7. The van der Waals surface area contributed by atoms with Crippen LogP contribution in [0.5, 0.6) is 17.2 Å². The number of nitrogens with one attached hydrogen (secondary N) is 1. The summed E-state index contributed by atoms with van der Waals surface area (Å²) in [6.07, 6.45) is 1.74. The van der Waals surface area contributed by atoms with Crippen LogP contribution in [0.4, 0.5) is 11.4 Å². The molecule has 2 amide bonds. The minimum absolute atomic E-state index is 0.215. The summed E-state index contributed by atoms with van der Waals surface area (Å²) in [4.78, 5) is 27.4. The quantitative estimate of drug-likeness (QED) is 0.202. The first kappa shape index (κ1) is 28.0. The number of halogens is 2. The fourth-order valence-corrected chi connectivity index (χ4v) is 5.23. The van der Waals surface area contributed by atoms with Crippen LogP contribution >= 0.6 is 51.5 Å². The molecule has 3 aromatic carbocycles. The number of rotatable bonds is 9. The molecule has 0 spiro atoms. The average molecular weight is 634 g/mol. The van der Waals surface area contributed by atoms with E-state index in [9.17, 15) is 9.59 Å². The van der Waals surface area contributed by atoms with E-state index in [4.69, 9.17) is 38.0 Å². The number of nitrogens with zero attached hydrogens (tertiary/aromatic N) is 1. The molecule has 1 saturated heterocycles. The van der Waals surface area contributed by atoms with Gasteiger partial charge in [0.15, 0.2) is 22.4 Å². The fraction of sp³-hybridized carbons (Fsp3) is 0.148. The van der Waals surface area contributed by atoms with Gasteiger partial charge in [0.2, 0.25) is 0 Å². The lowest BCUT2D eigenvalue weighted by atomic mass is 10.1. The predicted molar refractivity (Wildman–Crippen MR) is 160 cm³/mol. The third kappa shape index (κ3) is 6.68. The second kappa shape index (κ2) is 12.7. The molecule has 1 aliphatic heterocycles. The predicted octanol–water partition coefficient (Wildman–Crippen LogP) is 6.93. The Balaban J connectivity index is 1.43. The minimum atomic E-state index is -0.354. The van der Waals surface area contributed by atoms with E-state index in [0.29, 0.717) is 43.7 Å². The molecule has 1 aliphatic rings. The zero-order chi connectivity index (χ0) is 27.2. The van der Waals surface area contributed by atoms with Gasteiger partial charge in [-0.2, -0.15) is 0 Å². The molecule has 0 radical (unpaired) electrons. The van der Waals surface area contributed by atoms with Crippen LogP contribution in [0.2, 0.25) is 5.02 Å². The Labute approximate surface area is 243 Å². The Morgan fingerprint density at radius 3 is 2.55 bits per heavy atom. The number of amides is 2. The zero-order valence-corrected chi connectivity index (χ0v) is 24.3. The van der Waals surface area contributed by atoms with Gasteiger partial charge in [0.05, 0.1) is 29.3 Å². The summed E-state index contributed by atoms with van der Waals surface area (Å²) < 4.78 is 17.8. The van der Waals surface area contributed by atoms with Gasteiger partial charge in [-0.3, -0.25) is 14.5 Å². The molecule has 7 nitrogen and oxygen atoms in total. The first-order valence-corrected chi connectivity index (χ1v) is 13.7. The summed E-state index contributed by atoms with van der Waals surface area (Å²) >= 11 is 16.1. The lowest BCUT2D eigenvalue weighted by Gasteiger charge is -2.15. The van der Waals surface area contributed by atoms with E-state index in [1.165, 1.54) is 23.8 Å². The number of benzene rings is 3. The molecular formula is C27H22BrClN2O5S2. The van der Waals surface area contributed by atoms with Crippen molar-refractivity contribution >= 4 is 85.1 Å². The number of carbonyl (C=O) groups excluding carboxylic acids is 2. The van der Waals surface area contributed by atoms with Gasteiger partial charge in [0.25, 0.3) is 11.8 Å². The van der Waals surface area contributed by atoms with Crippen LogP contribution in [0.1, 0.15) is 12.5 Å². The van der Waals surface area contributed by atoms with Crippen LogP contribution in [0.3, 0.4) is 0 Å². The Morgan fingerprint density at radius 2 is 1.87 bits per heavy atom. The highest BCUT2D eigenvalue weighted by molar-refractivity contribution is 9.10. The number of ether oxygens (including phenoxy) is 3. The first-order valence-electron chi connectivity index (χ1n) is 11.4. The highest BCUT2D eigenvalue weighted by Gasteiger charge is 2.33. The van der Waals surface area contributed by atoms with Gasteiger partial charge in [-0.25, -0.2) is 0 Å². The number of thioether (sulfide) groups is 1. The van der Waals surface area contributed by atoms with Crippen molar-refractivity contribution in [2.45, 2.75) is 6.92 Å². The molecule has 1 heterocycles. The zero-order valence-electron chi connectivity index (χ0n) is 20.3. The SMILES string of the molecule is CCOc1ccc(N2C(=O)/C(=C\c3ccc(OCC(=O)Nc4ccc(Br)c(Cl)c4)c(OC)c3)SC2=S)cc1. The summed E-state index contributed by atoms with van der Waals surface area (Å²) in [6, 6.07) is 17.5. The van der Waals surface area contributed by atoms with Crippen molar-refractivity contribution in [2.75, 3.05) is 30.5 Å². The molecule has 4 rings (SSSR count). The number of anilines is 2. The van der Waals surface area contributed by atoms with Crippen molar-refractivity contribution in [2.24, 2.45) is 0 Å². The Hall–Kier alpha value is -3.05. The first-order chi connectivity index (χ1) is 18.3. The van der Waals surface area contributed by atoms with Crippen LogP contribution in [0.15, 0.2) is 70.0 Å². The maximum atomic E-state index is 13.1. The second-order valence-corrected chi connectivity index (χ2v) is 10.8. The van der Waals surface area contributed by atoms with Gasteiger partial charge in [0, 0.05) is 10.2 Å². The molecule has 1 fully saturated rings. The van der Waals surface area contributed by atoms with Gasteiger partial charge in [0.1, 0.15) is 5.75 Å². The van der Waals surface area contributed by atoms with Crippen LogP contribution in [0.25, 0.3) is 6.08 Å². The number of carbonyl (C=O) groups is 2. The molecule has 0 aliphatic carbocycles. The number of thiocarbonyl (C=S) groups is 1. The largest absolute Gasteiger partial charge is 0.494 e. The summed E-state index contributed by atoms with van der Waals surface area (Å²) in [7, 11) is 1.50. The summed E-state index contributed by atoms with van der Waals surface area (Å²) in [5, 5.41) is 3.21. The fourth-order valence-electron chi connectivity index (χ4n) is 3.51. The average Bonchev–Trinajstić information content (AvgIpc) is 3.18. The molecule has 0 saturated carbocycles. The van der Waals surface area contributed by atoms with Gasteiger partial charge in [-0.15, -0.1) is 0 Å². The van der Waals surface area contributed by atoms with E-state index >= 15 is 0 Å². The topological polar surface area (TPSA) is 77.1 Å². The van der Waals surface area contributed by atoms with Crippen molar-refractivity contribution in [3.8, 4) is 17.2 Å². The molecular weight excluding hydrogens is 612 g/mol. The molecule has 0 atom stereocenters. The van der Waals surface area contributed by atoms with Gasteiger partial charge >= 0.3 is 0 Å². The van der Waals surface area contributed by atoms with Crippen LogP contribution in [-0.4, -0.2) is 36.5 Å². The summed E-state index contributed by atoms with van der Waals surface area (Å²) in [5.41, 5.74) is 1.94. The van der Waals surface area contributed by atoms with Crippen molar-refractivity contribution in [3.63, 3.8) is 0 Å². The van der Waals surface area contributed by atoms with Crippen LogP contribution in [-0.2, 0) is 9.59 Å². The van der Waals surface area contributed by atoms with Crippen molar-refractivity contribution < 1.29 is 23.8 Å². The molecule has 0 aromatic heterocycles. The molecule has 0 unspecified atom stereocenters. The maximum absolute atomic E-state index is 13.1. The lowest BCUT2D eigenvalue weighted by Crippen LogP contribution is -2.27. The maximum Gasteiger partial charge on any atom is 0.270 e. The normalized spacial score (nSPS) is 14.1. The molecule has 0 bridgehead atoms. The third-order valence-corrected chi connectivity index (χ3v) is 7.78. The van der Waals surface area contributed by atoms with E-state index in [1.54, 1.807) is 66.7 Å². The van der Waals surface area contributed by atoms with E-state index in [0.717, 1.165) is 15.8 Å². The van der Waals surface area contributed by atoms with E-state index in [2.05, 4.69) is 21.2 Å². The van der Waals surface area contributed by atoms with Gasteiger partial charge in [-0.05, 0) is 89.1 Å². The van der Waals surface area contributed by atoms with E-state index in [-0.39, 0.29) is 18.4 Å². The Kier molecular flexibility index (Phi) is 9.32. The molecule has 1 N–H and O–H groups in total. The summed E-state index contributed by atoms with van der Waals surface area (Å²) in [6.45, 7) is 2.24. The molecule has 3 aromatic rings. The second-order valence-electron chi connectivity index (χ2n) is 7.82. The van der Waals surface area contributed by atoms with E-state index < -0.39 is 0 Å². The summed E-state index contributed by atoms with van der Waals surface area (Å²) in [5.74, 6) is 0.957. The standard InChI is InChI=1S/C27H22BrClN2O5S2/c1-3-35-19-8-6-18(7-9-19)31-26(33)24(38-27(31)37)13-16-4-11-22(23(12-16)34-2)36-15-25(32)30-17-5-10-20(28)21(29)14-17/h4-14H,3,15H2,1-2H3,(H,30,32)/b24-13+. The van der Waals surface area contributed by atoms with Gasteiger partial charge < -0.3 is 19.5 Å². The number of methoxy groups -OCH3 is 1. The molecule has 38 heavy (non-hydrogen) atoms. The van der Waals surface area contributed by atoms with E-state index in [1.807, 2.05) is 6.92 Å². The smallest absolute Gasteiger partial charge is 0.270 e. The highest BCUT2D eigenvalue weighted by Crippen LogP contribution is 2.37. The van der Waals surface area contributed by atoms with Gasteiger partial charge in [-0.1, -0.05) is 41.6 Å². The van der Waals surface area contributed by atoms with Crippen molar-refractivity contribution in [1.29, 1.82) is 0 Å². The minimum Gasteiger partial charge on any atom is -0.494 e. The highest BCUT2D eigenvalue weighted by atomic mass is 79.9. The number of hydrogen-bond donors (Lipinski definition) is 1. The Bertz CT molecular complexity index is 1420. The lowest BCUT2D eigenvalue weighted by molar-refractivity contribution is -0.118. The van der Waals surface area contributed by atoms with Crippen LogP contribution in [0, 0.1) is 0 Å². The van der Waals surface area contributed by atoms with Crippen LogP contribution < -0.4 is 24.4 Å². The third-order valence-electron chi connectivity index (χ3n) is 5.25. The monoisotopic (exact) mass is 632 g/mol. The van der Waals surface area contributed by atoms with Crippen molar-refractivity contribution in [1.82, 2.24) is 0 Å². The Morgan fingerprint density at radius 1 is 1.11 bits per heavy atom. The molecule has 11 heteroatoms.